The summed E-state index contributed by atoms with van der Waals surface area (Å²) in [6, 6.07) is 8.00. The highest BCUT2D eigenvalue weighted by Crippen LogP contribution is 2.40. The predicted octanol–water partition coefficient (Wildman–Crippen LogP) is 2.68. The van der Waals surface area contributed by atoms with E-state index in [1.807, 2.05) is 31.2 Å². The number of carbonyl (C=O) groups is 2. The molecule has 0 saturated heterocycles. The molecular formula is C16H21NO3S. The Morgan fingerprint density at radius 3 is 2.81 bits per heavy atom. The summed E-state index contributed by atoms with van der Waals surface area (Å²) < 4.78 is 4.96. The molecule has 1 aromatic rings. The van der Waals surface area contributed by atoms with Gasteiger partial charge in [0.15, 0.2) is 0 Å². The summed E-state index contributed by atoms with van der Waals surface area (Å²) in [4.78, 5) is 27.2. The predicted molar refractivity (Wildman–Crippen MR) is 83.4 cm³/mol. The molecule has 1 heterocycles. The van der Waals surface area contributed by atoms with Crippen LogP contribution in [-0.2, 0) is 14.3 Å². The number of thioether (sulfide) groups is 1. The van der Waals surface area contributed by atoms with Crippen molar-refractivity contribution in [2.75, 3.05) is 25.4 Å². The molecule has 0 saturated carbocycles. The van der Waals surface area contributed by atoms with E-state index in [4.69, 9.17) is 4.74 Å². The third-order valence-corrected chi connectivity index (χ3v) is 4.61. The van der Waals surface area contributed by atoms with Crippen molar-refractivity contribution in [1.82, 2.24) is 4.90 Å². The Kier molecular flexibility index (Phi) is 5.67. The number of esters is 1. The van der Waals surface area contributed by atoms with E-state index in [1.165, 1.54) is 4.90 Å². The van der Waals surface area contributed by atoms with Gasteiger partial charge in [0.25, 0.3) is 0 Å². The Hall–Kier alpha value is -1.49. The molecule has 5 heteroatoms. The minimum Gasteiger partial charge on any atom is -0.465 e. The maximum atomic E-state index is 12.7. The highest BCUT2D eigenvalue weighted by Gasteiger charge is 2.32. The Morgan fingerprint density at radius 1 is 1.33 bits per heavy atom. The lowest BCUT2D eigenvalue weighted by atomic mass is 10.00. The van der Waals surface area contributed by atoms with E-state index in [0.717, 1.165) is 17.7 Å². The number of rotatable bonds is 6. The van der Waals surface area contributed by atoms with Crippen molar-refractivity contribution >= 4 is 23.6 Å². The lowest BCUT2D eigenvalue weighted by Gasteiger charge is -2.24. The molecule has 1 unspecified atom stereocenters. The van der Waals surface area contributed by atoms with Gasteiger partial charge in [-0.2, -0.15) is 0 Å². The fraction of sp³-hybridized carbons (Fsp3) is 0.500. The summed E-state index contributed by atoms with van der Waals surface area (Å²) >= 11 is 1.71. The fourth-order valence-corrected chi connectivity index (χ4v) is 3.71. The topological polar surface area (TPSA) is 46.6 Å². The van der Waals surface area contributed by atoms with E-state index in [-0.39, 0.29) is 24.3 Å². The number of amides is 1. The van der Waals surface area contributed by atoms with Crippen LogP contribution in [0.2, 0.25) is 0 Å². The Bertz CT molecular complexity index is 518. The van der Waals surface area contributed by atoms with Crippen LogP contribution in [0.5, 0.6) is 0 Å². The average Bonchev–Trinajstić information content (AvgIpc) is 2.90. The summed E-state index contributed by atoms with van der Waals surface area (Å²) in [6.45, 7) is 4.75. The zero-order valence-corrected chi connectivity index (χ0v) is 13.3. The van der Waals surface area contributed by atoms with Crippen molar-refractivity contribution in [3.05, 3.63) is 29.8 Å². The second-order valence-corrected chi connectivity index (χ2v) is 6.03. The normalized spacial score (nSPS) is 16.4. The molecule has 1 aliphatic rings. The molecule has 4 nitrogen and oxygen atoms in total. The molecule has 0 fully saturated rings. The lowest BCUT2D eigenvalue weighted by molar-refractivity contribution is -0.149. The van der Waals surface area contributed by atoms with Crippen LogP contribution < -0.4 is 0 Å². The number of ether oxygens (including phenoxy) is 1. The molecule has 0 aliphatic carbocycles. The number of hydrogen-bond donors (Lipinski definition) is 0. The largest absolute Gasteiger partial charge is 0.465 e. The first-order valence-corrected chi connectivity index (χ1v) is 8.32. The number of hydrogen-bond acceptors (Lipinski definition) is 4. The summed E-state index contributed by atoms with van der Waals surface area (Å²) in [5.74, 6) is 0.300. The molecule has 0 aromatic heterocycles. The molecule has 21 heavy (non-hydrogen) atoms. The zero-order valence-electron chi connectivity index (χ0n) is 12.5. The van der Waals surface area contributed by atoms with Crippen molar-refractivity contribution in [3.8, 4) is 0 Å². The van der Waals surface area contributed by atoms with E-state index in [9.17, 15) is 9.59 Å². The van der Waals surface area contributed by atoms with Gasteiger partial charge in [-0.05, 0) is 25.0 Å². The standard InChI is InChI=1S/C16H21NO3S/c1-3-9-17(10-15(18)20-4-2)16(19)13-11-21-14-8-6-5-7-12(13)14/h5-8,13H,3-4,9-11H2,1-2H3. The van der Waals surface area contributed by atoms with E-state index in [2.05, 4.69) is 0 Å². The first-order chi connectivity index (χ1) is 10.2. The van der Waals surface area contributed by atoms with Crippen LogP contribution in [0.15, 0.2) is 29.2 Å². The van der Waals surface area contributed by atoms with Gasteiger partial charge in [-0.1, -0.05) is 25.1 Å². The van der Waals surface area contributed by atoms with E-state index in [1.54, 1.807) is 23.6 Å². The minimum atomic E-state index is -0.335. The van der Waals surface area contributed by atoms with E-state index >= 15 is 0 Å². The molecule has 1 amide bonds. The van der Waals surface area contributed by atoms with Crippen LogP contribution in [0.3, 0.4) is 0 Å². The number of fused-ring (bicyclic) bond motifs is 1. The molecule has 114 valence electrons. The van der Waals surface area contributed by atoms with Crippen LogP contribution in [-0.4, -0.2) is 42.2 Å². The van der Waals surface area contributed by atoms with E-state index < -0.39 is 0 Å². The molecule has 0 radical (unpaired) electrons. The van der Waals surface area contributed by atoms with Crippen LogP contribution in [0, 0.1) is 0 Å². The van der Waals surface area contributed by atoms with Crippen molar-refractivity contribution in [2.45, 2.75) is 31.1 Å². The summed E-state index contributed by atoms with van der Waals surface area (Å²) in [5, 5.41) is 0. The highest BCUT2D eigenvalue weighted by molar-refractivity contribution is 7.99. The second kappa shape index (κ2) is 7.50. The minimum absolute atomic E-state index is 0.0300. The van der Waals surface area contributed by atoms with Crippen molar-refractivity contribution in [1.29, 1.82) is 0 Å². The summed E-state index contributed by atoms with van der Waals surface area (Å²) in [6.07, 6.45) is 0.826. The average molecular weight is 307 g/mol. The Labute approximate surface area is 129 Å². The quantitative estimate of drug-likeness (QED) is 0.758. The van der Waals surface area contributed by atoms with Gasteiger partial charge in [0.1, 0.15) is 6.54 Å². The fourth-order valence-electron chi connectivity index (χ4n) is 2.49. The molecule has 1 atom stereocenters. The van der Waals surface area contributed by atoms with Gasteiger partial charge in [0.05, 0.1) is 12.5 Å². The van der Waals surface area contributed by atoms with Crippen LogP contribution in [0.1, 0.15) is 31.7 Å². The Morgan fingerprint density at radius 2 is 2.10 bits per heavy atom. The lowest BCUT2D eigenvalue weighted by Crippen LogP contribution is -2.40. The number of carbonyl (C=O) groups excluding carboxylic acids is 2. The van der Waals surface area contributed by atoms with Crippen molar-refractivity contribution in [2.24, 2.45) is 0 Å². The van der Waals surface area contributed by atoms with Crippen molar-refractivity contribution in [3.63, 3.8) is 0 Å². The zero-order chi connectivity index (χ0) is 15.2. The molecule has 1 aliphatic heterocycles. The Balaban J connectivity index is 2.10. The highest BCUT2D eigenvalue weighted by atomic mass is 32.2. The van der Waals surface area contributed by atoms with E-state index in [0.29, 0.717) is 13.2 Å². The SMILES string of the molecule is CCCN(CC(=O)OCC)C(=O)C1CSc2ccccc21. The molecular weight excluding hydrogens is 286 g/mol. The third-order valence-electron chi connectivity index (χ3n) is 3.43. The first-order valence-electron chi connectivity index (χ1n) is 7.33. The number of benzene rings is 1. The van der Waals surface area contributed by atoms with Gasteiger partial charge >= 0.3 is 5.97 Å². The molecule has 0 bridgehead atoms. The van der Waals surface area contributed by atoms with Gasteiger partial charge < -0.3 is 9.64 Å². The summed E-state index contributed by atoms with van der Waals surface area (Å²) in [5.41, 5.74) is 1.08. The van der Waals surface area contributed by atoms with Crippen LogP contribution in [0.4, 0.5) is 0 Å². The molecule has 0 N–H and O–H groups in total. The monoisotopic (exact) mass is 307 g/mol. The molecule has 1 aromatic carbocycles. The maximum absolute atomic E-state index is 12.7. The van der Waals surface area contributed by atoms with Gasteiger partial charge in [0, 0.05) is 17.2 Å². The van der Waals surface area contributed by atoms with Gasteiger partial charge in [0.2, 0.25) is 5.91 Å². The molecule has 2 rings (SSSR count). The smallest absolute Gasteiger partial charge is 0.325 e. The van der Waals surface area contributed by atoms with Gasteiger partial charge in [-0.3, -0.25) is 9.59 Å². The first kappa shape index (κ1) is 15.9. The van der Waals surface area contributed by atoms with Crippen LogP contribution >= 0.6 is 11.8 Å². The van der Waals surface area contributed by atoms with Gasteiger partial charge in [-0.15, -0.1) is 11.8 Å². The third kappa shape index (κ3) is 3.79. The summed E-state index contributed by atoms with van der Waals surface area (Å²) in [7, 11) is 0. The second-order valence-electron chi connectivity index (χ2n) is 4.97. The number of nitrogens with zero attached hydrogens (tertiary/aromatic N) is 1. The molecule has 0 spiro atoms. The van der Waals surface area contributed by atoms with Gasteiger partial charge in [-0.25, -0.2) is 0 Å². The van der Waals surface area contributed by atoms with Crippen molar-refractivity contribution < 1.29 is 14.3 Å². The maximum Gasteiger partial charge on any atom is 0.325 e. The van der Waals surface area contributed by atoms with Crippen LogP contribution in [0.25, 0.3) is 0 Å².